The van der Waals surface area contributed by atoms with Gasteiger partial charge in [-0.3, -0.25) is 14.7 Å². The topological polar surface area (TPSA) is 74.8 Å². The second-order valence-corrected chi connectivity index (χ2v) is 6.81. The Morgan fingerprint density at radius 2 is 2.19 bits per heavy atom. The van der Waals surface area contributed by atoms with E-state index in [9.17, 15) is 9.18 Å². The third-order valence-electron chi connectivity index (χ3n) is 4.79. The first kappa shape index (κ1) is 17.5. The summed E-state index contributed by atoms with van der Waals surface area (Å²) >= 11 is 0. The second-order valence-electron chi connectivity index (χ2n) is 6.81. The van der Waals surface area contributed by atoms with Crippen LogP contribution in [0.25, 0.3) is 11.5 Å². The van der Waals surface area contributed by atoms with Gasteiger partial charge in [0.2, 0.25) is 0 Å². The molecule has 0 amide bonds. The van der Waals surface area contributed by atoms with Gasteiger partial charge >= 0.3 is 0 Å². The Hall–Kier alpha value is -2.93. The molecule has 2 aromatic heterocycles. The van der Waals surface area contributed by atoms with Gasteiger partial charge in [-0.1, -0.05) is 12.1 Å². The standard InChI is InChI=1S/C20H20FN5O/c21-16-5-1-3-14(9-16)12-26-8-2-4-15(13-26)17-10-19(27)25-20(24-17)18-11-22-6-7-23-18/h1,3,5-7,9-11,15H,2,4,8,12-13H2,(H,24,25,27)/t15-/m0/s1. The lowest BCUT2D eigenvalue weighted by Crippen LogP contribution is -2.34. The minimum absolute atomic E-state index is 0.157. The zero-order valence-electron chi connectivity index (χ0n) is 14.8. The van der Waals surface area contributed by atoms with E-state index in [-0.39, 0.29) is 17.3 Å². The normalized spacial score (nSPS) is 17.7. The van der Waals surface area contributed by atoms with Crippen molar-refractivity contribution in [3.8, 4) is 11.5 Å². The van der Waals surface area contributed by atoms with Gasteiger partial charge in [0.15, 0.2) is 5.82 Å². The fourth-order valence-electron chi connectivity index (χ4n) is 3.56. The number of halogens is 1. The summed E-state index contributed by atoms with van der Waals surface area (Å²) in [7, 11) is 0. The van der Waals surface area contributed by atoms with E-state index in [2.05, 4.69) is 24.8 Å². The fraction of sp³-hybridized carbons (Fsp3) is 0.300. The van der Waals surface area contributed by atoms with Gasteiger partial charge in [0.1, 0.15) is 11.5 Å². The molecule has 0 spiro atoms. The number of rotatable bonds is 4. The molecule has 1 aliphatic heterocycles. The van der Waals surface area contributed by atoms with Crippen molar-refractivity contribution in [3.05, 3.63) is 76.4 Å². The molecule has 138 valence electrons. The number of nitrogens with one attached hydrogen (secondary N) is 1. The molecule has 1 N–H and O–H groups in total. The van der Waals surface area contributed by atoms with Crippen LogP contribution in [0.3, 0.4) is 0 Å². The van der Waals surface area contributed by atoms with Gasteiger partial charge in [-0.05, 0) is 37.1 Å². The van der Waals surface area contributed by atoms with Gasteiger partial charge in [-0.15, -0.1) is 0 Å². The predicted octanol–water partition coefficient (Wildman–Crippen LogP) is 2.75. The monoisotopic (exact) mass is 365 g/mol. The molecular formula is C20H20FN5O. The van der Waals surface area contributed by atoms with Gasteiger partial charge in [-0.2, -0.15) is 0 Å². The number of H-pyrrole nitrogens is 1. The fourth-order valence-corrected chi connectivity index (χ4v) is 3.56. The molecule has 6 nitrogen and oxygen atoms in total. The van der Waals surface area contributed by atoms with Crippen molar-refractivity contribution in [2.45, 2.75) is 25.3 Å². The first-order chi connectivity index (χ1) is 13.2. The number of piperidine rings is 1. The van der Waals surface area contributed by atoms with Gasteiger partial charge < -0.3 is 4.98 Å². The number of aromatic amines is 1. The van der Waals surface area contributed by atoms with Crippen LogP contribution >= 0.6 is 0 Å². The first-order valence-electron chi connectivity index (χ1n) is 9.02. The van der Waals surface area contributed by atoms with Crippen LogP contribution in [0.15, 0.2) is 53.7 Å². The zero-order valence-corrected chi connectivity index (χ0v) is 14.8. The van der Waals surface area contributed by atoms with Gasteiger partial charge in [0.05, 0.1) is 11.9 Å². The third-order valence-corrected chi connectivity index (χ3v) is 4.79. The Balaban J connectivity index is 1.54. The molecule has 1 aliphatic rings. The van der Waals surface area contributed by atoms with E-state index in [0.29, 0.717) is 18.1 Å². The summed E-state index contributed by atoms with van der Waals surface area (Å²) in [6.45, 7) is 2.43. The van der Waals surface area contributed by atoms with Crippen molar-refractivity contribution < 1.29 is 4.39 Å². The third kappa shape index (κ3) is 4.25. The quantitative estimate of drug-likeness (QED) is 0.769. The number of aromatic nitrogens is 4. The predicted molar refractivity (Wildman–Crippen MR) is 99.5 cm³/mol. The molecule has 3 heterocycles. The van der Waals surface area contributed by atoms with Crippen molar-refractivity contribution in [1.82, 2.24) is 24.8 Å². The lowest BCUT2D eigenvalue weighted by atomic mass is 9.94. The highest BCUT2D eigenvalue weighted by Crippen LogP contribution is 2.26. The van der Waals surface area contributed by atoms with Crippen LogP contribution in [-0.4, -0.2) is 37.9 Å². The van der Waals surface area contributed by atoms with Crippen molar-refractivity contribution in [1.29, 1.82) is 0 Å². The van der Waals surface area contributed by atoms with Crippen LogP contribution in [0.5, 0.6) is 0 Å². The lowest BCUT2D eigenvalue weighted by Gasteiger charge is -2.32. The zero-order chi connectivity index (χ0) is 18.6. The average molecular weight is 365 g/mol. The van der Waals surface area contributed by atoms with E-state index < -0.39 is 0 Å². The van der Waals surface area contributed by atoms with Crippen LogP contribution in [-0.2, 0) is 6.54 Å². The molecule has 1 saturated heterocycles. The Morgan fingerprint density at radius 1 is 1.26 bits per heavy atom. The van der Waals surface area contributed by atoms with Gasteiger partial charge in [0.25, 0.3) is 5.56 Å². The van der Waals surface area contributed by atoms with Crippen molar-refractivity contribution in [2.24, 2.45) is 0 Å². The van der Waals surface area contributed by atoms with E-state index in [4.69, 9.17) is 0 Å². The van der Waals surface area contributed by atoms with E-state index in [1.807, 2.05) is 6.07 Å². The number of likely N-dealkylation sites (tertiary alicyclic amines) is 1. The number of hydrogen-bond donors (Lipinski definition) is 1. The molecule has 7 heteroatoms. The highest BCUT2D eigenvalue weighted by Gasteiger charge is 2.23. The molecule has 27 heavy (non-hydrogen) atoms. The SMILES string of the molecule is O=c1cc([C@H]2CCCN(Cc3cccc(F)c3)C2)nc(-c2cnccn2)[nH]1. The lowest BCUT2D eigenvalue weighted by molar-refractivity contribution is 0.198. The molecule has 1 aromatic carbocycles. The summed E-state index contributed by atoms with van der Waals surface area (Å²) in [5.41, 5.74) is 2.07. The van der Waals surface area contributed by atoms with Crippen LogP contribution in [0, 0.1) is 5.82 Å². The average Bonchev–Trinajstić information content (AvgIpc) is 2.68. The Kier molecular flexibility index (Phi) is 5.02. The molecule has 0 unspecified atom stereocenters. The maximum Gasteiger partial charge on any atom is 0.251 e. The van der Waals surface area contributed by atoms with E-state index in [1.165, 1.54) is 6.07 Å². The first-order valence-corrected chi connectivity index (χ1v) is 9.02. The summed E-state index contributed by atoms with van der Waals surface area (Å²) in [6.07, 6.45) is 6.71. The van der Waals surface area contributed by atoms with Crippen LogP contribution in [0.1, 0.15) is 30.0 Å². The van der Waals surface area contributed by atoms with Gasteiger partial charge in [-0.25, -0.2) is 14.4 Å². The van der Waals surface area contributed by atoms with Crippen molar-refractivity contribution in [2.75, 3.05) is 13.1 Å². The molecule has 1 fully saturated rings. The maximum absolute atomic E-state index is 13.4. The summed E-state index contributed by atoms with van der Waals surface area (Å²) in [6, 6.07) is 8.26. The van der Waals surface area contributed by atoms with Crippen LogP contribution < -0.4 is 5.56 Å². The van der Waals surface area contributed by atoms with Crippen LogP contribution in [0.4, 0.5) is 4.39 Å². The highest BCUT2D eigenvalue weighted by molar-refractivity contribution is 5.46. The Bertz CT molecular complexity index is 975. The molecule has 0 radical (unpaired) electrons. The van der Waals surface area contributed by atoms with E-state index >= 15 is 0 Å². The maximum atomic E-state index is 13.4. The minimum Gasteiger partial charge on any atom is -0.305 e. The molecule has 0 aliphatic carbocycles. The van der Waals surface area contributed by atoms with E-state index in [0.717, 1.165) is 37.2 Å². The number of nitrogens with zero attached hydrogens (tertiary/aromatic N) is 4. The van der Waals surface area contributed by atoms with Crippen molar-refractivity contribution >= 4 is 0 Å². The largest absolute Gasteiger partial charge is 0.305 e. The summed E-state index contributed by atoms with van der Waals surface area (Å²) in [5, 5.41) is 0. The Morgan fingerprint density at radius 3 is 3.00 bits per heavy atom. The number of hydrogen-bond acceptors (Lipinski definition) is 5. The summed E-state index contributed by atoms with van der Waals surface area (Å²) in [5.74, 6) is 0.379. The molecule has 0 bridgehead atoms. The minimum atomic E-state index is -0.217. The smallest absolute Gasteiger partial charge is 0.251 e. The summed E-state index contributed by atoms with van der Waals surface area (Å²) in [4.78, 5) is 30.0. The summed E-state index contributed by atoms with van der Waals surface area (Å²) < 4.78 is 13.4. The molecule has 3 aromatic rings. The van der Waals surface area contributed by atoms with Crippen molar-refractivity contribution in [3.63, 3.8) is 0 Å². The van der Waals surface area contributed by atoms with Gasteiger partial charge in [0, 0.05) is 37.5 Å². The molecule has 0 saturated carbocycles. The molecular weight excluding hydrogens is 345 g/mol. The molecule has 1 atom stereocenters. The Labute approximate surface area is 156 Å². The second kappa shape index (κ2) is 7.75. The molecule has 4 rings (SSSR count). The van der Waals surface area contributed by atoms with E-state index in [1.54, 1.807) is 36.8 Å². The number of benzene rings is 1. The van der Waals surface area contributed by atoms with Crippen LogP contribution in [0.2, 0.25) is 0 Å². The highest BCUT2D eigenvalue weighted by atomic mass is 19.1.